The zero-order valence-corrected chi connectivity index (χ0v) is 32.1. The number of guanidine groups is 2. The Morgan fingerprint density at radius 2 is 1.15 bits per heavy atom. The van der Waals surface area contributed by atoms with E-state index in [0.717, 1.165) is 21.5 Å². The Bertz CT molecular complexity index is 2240. The van der Waals surface area contributed by atoms with E-state index in [1.165, 1.54) is 36.0 Å². The topological polar surface area (TPSA) is 283 Å². The normalized spacial score (nSPS) is 10.7. The third-order valence-electron chi connectivity index (χ3n) is 6.92. The summed E-state index contributed by atoms with van der Waals surface area (Å²) < 4.78 is 27.1. The van der Waals surface area contributed by atoms with Crippen LogP contribution in [0.25, 0.3) is 0 Å². The van der Waals surface area contributed by atoms with E-state index < -0.39 is 48.0 Å². The first-order valence-electron chi connectivity index (χ1n) is 14.7. The number of hydrogen-bond donors (Lipinski definition) is 4. The van der Waals surface area contributed by atoms with Gasteiger partial charge >= 0.3 is 0 Å². The molecule has 0 saturated heterocycles. The number of rotatable bonds is 10. The Labute approximate surface area is 318 Å². The molecule has 2 amide bonds. The van der Waals surface area contributed by atoms with Crippen LogP contribution in [0.1, 0.15) is 45.7 Å². The van der Waals surface area contributed by atoms with Crippen molar-refractivity contribution >= 4 is 88.6 Å². The first kappa shape index (κ1) is 41.2. The number of aliphatic imine (C=N–C) groups is 2. The molecule has 4 rings (SSSR count). The van der Waals surface area contributed by atoms with E-state index in [-0.39, 0.29) is 44.1 Å². The number of amides is 2. The summed E-state index contributed by atoms with van der Waals surface area (Å²) in [6, 6.07) is 18.2. The van der Waals surface area contributed by atoms with Crippen molar-refractivity contribution < 1.29 is 27.9 Å². The molecule has 0 radical (unpaired) electrons. The first-order chi connectivity index (χ1) is 24.4. The number of nitro groups is 2. The van der Waals surface area contributed by atoms with Gasteiger partial charge in [0.05, 0.1) is 30.8 Å². The fourth-order valence-electron chi connectivity index (χ4n) is 4.57. The summed E-state index contributed by atoms with van der Waals surface area (Å²) >= 11 is 7.82. The highest BCUT2D eigenvalue weighted by molar-refractivity contribution is 9.10. The van der Waals surface area contributed by atoms with E-state index >= 15 is 0 Å². The van der Waals surface area contributed by atoms with E-state index in [9.17, 15) is 38.2 Å². The van der Waals surface area contributed by atoms with Crippen molar-refractivity contribution in [2.75, 3.05) is 0 Å². The molecule has 0 aliphatic carbocycles. The van der Waals surface area contributed by atoms with Crippen molar-refractivity contribution in [3.05, 3.63) is 124 Å². The minimum atomic E-state index is -4.23. The fourth-order valence-corrected chi connectivity index (χ4v) is 8.53. The van der Waals surface area contributed by atoms with E-state index in [1.54, 1.807) is 19.1 Å². The summed E-state index contributed by atoms with van der Waals surface area (Å²) in [7, 11) is -4.23. The second kappa shape index (κ2) is 17.8. The number of carbonyl (C=O) groups is 2. The Kier molecular flexibility index (Phi) is 14.2. The smallest absolute Gasteiger partial charge is 0.289 e. The van der Waals surface area contributed by atoms with Crippen molar-refractivity contribution in [3.8, 4) is 0 Å². The standard InChI is InChI=1S/C16H15BrN4O5S.C16H15BrN4O3S/c1-2-9-7-14(27(25,26)13-6-4-3-5-11(13)17)12(21(23)24)8-10(9)15(22)20-16(18)19;1-2-9-7-14(25-13-6-4-3-5-11(13)17)12(21(23)24)8-10(9)15(22)20-16(18)19/h3-8H,2H2,1H3,(H4,18,19,20,22);3-8H,2H2,1H3,(H4,18,19,20,22). The largest absolute Gasteiger partial charge is 0.370 e. The SMILES string of the molecule is CCc1cc(S(=O)(=O)c2ccccc2Br)c([N+](=O)[O-])cc1C(=O)N=C(N)N.CCc1cc(Sc2ccccc2Br)c([N+](=O)[O-])cc1C(=O)N=C(N)N. The lowest BCUT2D eigenvalue weighted by Crippen LogP contribution is -2.24. The zero-order chi connectivity index (χ0) is 38.9. The number of nitrogens with two attached hydrogens (primary N) is 4. The molecular formula is C32H30Br2N8O8S2. The van der Waals surface area contributed by atoms with Gasteiger partial charge in [-0.15, -0.1) is 0 Å². The molecule has 0 fully saturated rings. The van der Waals surface area contributed by atoms with Crippen LogP contribution in [0.4, 0.5) is 11.4 Å². The summed E-state index contributed by atoms with van der Waals surface area (Å²) in [5.41, 5.74) is 20.8. The average Bonchev–Trinajstić information content (AvgIpc) is 3.08. The van der Waals surface area contributed by atoms with Crippen molar-refractivity contribution in [1.29, 1.82) is 0 Å². The monoisotopic (exact) mass is 876 g/mol. The van der Waals surface area contributed by atoms with E-state index in [4.69, 9.17) is 22.9 Å². The highest BCUT2D eigenvalue weighted by Crippen LogP contribution is 2.40. The molecule has 0 bridgehead atoms. The van der Waals surface area contributed by atoms with Crippen molar-refractivity contribution in [2.45, 2.75) is 46.3 Å². The number of aryl methyl sites for hydroxylation is 2. The lowest BCUT2D eigenvalue weighted by molar-refractivity contribution is -0.388. The molecule has 16 nitrogen and oxygen atoms in total. The molecule has 0 aliphatic heterocycles. The Hall–Kier alpha value is -5.18. The molecule has 0 atom stereocenters. The maximum absolute atomic E-state index is 13.0. The second-order valence-corrected chi connectivity index (χ2v) is 15.0. The van der Waals surface area contributed by atoms with Gasteiger partial charge in [0.15, 0.2) is 11.9 Å². The fraction of sp³-hybridized carbons (Fsp3) is 0.125. The molecule has 8 N–H and O–H groups in total. The lowest BCUT2D eigenvalue weighted by atomic mass is 10.0. The van der Waals surface area contributed by atoms with Crippen LogP contribution in [-0.2, 0) is 22.7 Å². The average molecular weight is 879 g/mol. The minimum Gasteiger partial charge on any atom is -0.370 e. The predicted molar refractivity (Wildman–Crippen MR) is 203 cm³/mol. The van der Waals surface area contributed by atoms with E-state index in [1.807, 2.05) is 31.2 Å². The highest BCUT2D eigenvalue weighted by atomic mass is 79.9. The van der Waals surface area contributed by atoms with Crippen LogP contribution in [0.5, 0.6) is 0 Å². The number of benzene rings is 4. The highest BCUT2D eigenvalue weighted by Gasteiger charge is 2.32. The van der Waals surface area contributed by atoms with Crippen LogP contribution in [0.2, 0.25) is 0 Å². The lowest BCUT2D eigenvalue weighted by Gasteiger charge is -2.11. The maximum atomic E-state index is 13.0. The van der Waals surface area contributed by atoms with Gasteiger partial charge in [0.2, 0.25) is 9.84 Å². The number of nitrogens with zero attached hydrogens (tertiary/aromatic N) is 4. The quantitative estimate of drug-likeness (QED) is 0.0649. The van der Waals surface area contributed by atoms with Gasteiger partial charge in [-0.05, 0) is 92.2 Å². The first-order valence-corrected chi connectivity index (χ1v) is 18.6. The molecule has 52 heavy (non-hydrogen) atoms. The van der Waals surface area contributed by atoms with Crippen molar-refractivity contribution in [2.24, 2.45) is 32.9 Å². The van der Waals surface area contributed by atoms with Gasteiger partial charge < -0.3 is 22.9 Å². The van der Waals surface area contributed by atoms with Crippen LogP contribution in [0.15, 0.2) is 111 Å². The molecule has 0 aliphatic rings. The van der Waals surface area contributed by atoms with Gasteiger partial charge in [0, 0.05) is 26.0 Å². The van der Waals surface area contributed by atoms with Crippen LogP contribution in [0, 0.1) is 20.2 Å². The number of nitro benzene ring substituents is 2. The Morgan fingerprint density at radius 1 is 0.692 bits per heavy atom. The van der Waals surface area contributed by atoms with Crippen molar-refractivity contribution in [1.82, 2.24) is 0 Å². The predicted octanol–water partition coefficient (Wildman–Crippen LogP) is 5.65. The molecule has 0 heterocycles. The molecular weight excluding hydrogens is 848 g/mol. The van der Waals surface area contributed by atoms with Gasteiger partial charge in [0.1, 0.15) is 4.90 Å². The number of hydrogen-bond acceptors (Lipinski definition) is 9. The summed E-state index contributed by atoms with van der Waals surface area (Å²) in [6.45, 7) is 3.52. The Balaban J connectivity index is 0.000000281. The molecule has 0 saturated carbocycles. The van der Waals surface area contributed by atoms with Gasteiger partial charge in [-0.3, -0.25) is 29.8 Å². The molecule has 0 unspecified atom stereocenters. The van der Waals surface area contributed by atoms with Crippen LogP contribution >= 0.6 is 43.6 Å². The van der Waals surface area contributed by atoms with E-state index in [2.05, 4.69) is 41.8 Å². The molecule has 0 aromatic heterocycles. The van der Waals surface area contributed by atoms with Gasteiger partial charge in [-0.1, -0.05) is 49.9 Å². The summed E-state index contributed by atoms with van der Waals surface area (Å²) in [5.74, 6) is -2.48. The van der Waals surface area contributed by atoms with Gasteiger partial charge in [-0.25, -0.2) is 8.42 Å². The Morgan fingerprint density at radius 3 is 1.62 bits per heavy atom. The molecule has 272 valence electrons. The molecule has 0 spiro atoms. The molecule has 4 aromatic rings. The number of halogens is 2. The van der Waals surface area contributed by atoms with Crippen LogP contribution in [0.3, 0.4) is 0 Å². The number of sulfone groups is 1. The second-order valence-electron chi connectivity index (χ2n) is 10.3. The van der Waals surface area contributed by atoms with Crippen molar-refractivity contribution in [3.63, 3.8) is 0 Å². The summed E-state index contributed by atoms with van der Waals surface area (Å²) in [4.78, 5) is 53.4. The van der Waals surface area contributed by atoms with Gasteiger partial charge in [-0.2, -0.15) is 9.98 Å². The third kappa shape index (κ3) is 9.99. The summed E-state index contributed by atoms with van der Waals surface area (Å²) in [5, 5.41) is 23.0. The summed E-state index contributed by atoms with van der Waals surface area (Å²) in [6.07, 6.45) is 0.736. The molecule has 20 heteroatoms. The van der Waals surface area contributed by atoms with E-state index in [0.29, 0.717) is 16.9 Å². The van der Waals surface area contributed by atoms with Crippen LogP contribution in [-0.4, -0.2) is 42.0 Å². The number of carbonyl (C=O) groups excluding carboxylic acids is 2. The van der Waals surface area contributed by atoms with Gasteiger partial charge in [0.25, 0.3) is 23.2 Å². The third-order valence-corrected chi connectivity index (χ3v) is 11.8. The molecule has 4 aromatic carbocycles. The zero-order valence-electron chi connectivity index (χ0n) is 27.3. The maximum Gasteiger partial charge on any atom is 0.289 e. The van der Waals surface area contributed by atoms with Crippen LogP contribution < -0.4 is 22.9 Å². The minimum absolute atomic E-state index is 0.124.